The average molecular weight is 552 g/mol. The maximum Gasteiger partial charge on any atom is 0.220 e. The van der Waals surface area contributed by atoms with Gasteiger partial charge in [0.05, 0.1) is 18.8 Å². The molecule has 0 rings (SSSR count). The van der Waals surface area contributed by atoms with E-state index in [9.17, 15) is 15.0 Å². The number of carbonyl (C=O) groups is 1. The summed E-state index contributed by atoms with van der Waals surface area (Å²) in [5.41, 5.74) is 0. The van der Waals surface area contributed by atoms with E-state index in [1.165, 1.54) is 128 Å². The molecule has 0 aliphatic rings. The number of hydrogen-bond donors (Lipinski definition) is 3. The van der Waals surface area contributed by atoms with Crippen molar-refractivity contribution in [3.63, 3.8) is 0 Å². The van der Waals surface area contributed by atoms with E-state index in [4.69, 9.17) is 0 Å². The van der Waals surface area contributed by atoms with Gasteiger partial charge in [-0.2, -0.15) is 0 Å². The zero-order valence-electron chi connectivity index (χ0n) is 26.4. The number of allylic oxidation sites excluding steroid dienone is 2. The molecule has 3 N–H and O–H groups in total. The monoisotopic (exact) mass is 552 g/mol. The highest BCUT2D eigenvalue weighted by molar-refractivity contribution is 5.76. The van der Waals surface area contributed by atoms with Crippen molar-refractivity contribution in [1.82, 2.24) is 5.32 Å². The summed E-state index contributed by atoms with van der Waals surface area (Å²) in [5.74, 6) is -0.0413. The van der Waals surface area contributed by atoms with Gasteiger partial charge >= 0.3 is 0 Å². The number of amides is 1. The Hall–Kier alpha value is -0.870. The van der Waals surface area contributed by atoms with Crippen LogP contribution in [0.5, 0.6) is 0 Å². The number of unbranched alkanes of at least 4 members (excludes halogenated alkanes) is 22. The summed E-state index contributed by atoms with van der Waals surface area (Å²) in [4.78, 5) is 12.3. The van der Waals surface area contributed by atoms with Crippen LogP contribution in [0, 0.1) is 0 Å². The highest BCUT2D eigenvalue weighted by Crippen LogP contribution is 2.14. The van der Waals surface area contributed by atoms with E-state index in [1.807, 2.05) is 0 Å². The Morgan fingerprint density at radius 2 is 0.974 bits per heavy atom. The van der Waals surface area contributed by atoms with Gasteiger partial charge in [-0.15, -0.1) is 0 Å². The molecule has 232 valence electrons. The Balaban J connectivity index is 3.58. The molecule has 0 aliphatic carbocycles. The van der Waals surface area contributed by atoms with Crippen LogP contribution in [0.25, 0.3) is 0 Å². The van der Waals surface area contributed by atoms with Crippen molar-refractivity contribution in [2.75, 3.05) is 6.61 Å². The summed E-state index contributed by atoms with van der Waals surface area (Å²) in [6.45, 7) is 4.32. The number of aliphatic hydroxyl groups is 2. The second-order valence-electron chi connectivity index (χ2n) is 11.9. The van der Waals surface area contributed by atoms with Gasteiger partial charge in [0, 0.05) is 6.42 Å². The molecular formula is C35H69NO3. The Bertz CT molecular complexity index is 522. The molecule has 0 aromatic rings. The molecule has 39 heavy (non-hydrogen) atoms. The van der Waals surface area contributed by atoms with E-state index in [0.29, 0.717) is 12.8 Å². The quantitative estimate of drug-likeness (QED) is 0.0593. The number of carbonyl (C=O) groups excluding carboxylic acids is 1. The lowest BCUT2D eigenvalue weighted by atomic mass is 10.0. The van der Waals surface area contributed by atoms with Crippen LogP contribution in [0.3, 0.4) is 0 Å². The van der Waals surface area contributed by atoms with Crippen molar-refractivity contribution in [2.24, 2.45) is 0 Å². The zero-order valence-corrected chi connectivity index (χ0v) is 26.4. The maximum absolute atomic E-state index is 12.3. The predicted octanol–water partition coefficient (Wildman–Crippen LogP) is 9.95. The van der Waals surface area contributed by atoms with Crippen molar-refractivity contribution in [3.8, 4) is 0 Å². The minimum Gasteiger partial charge on any atom is -0.394 e. The zero-order chi connectivity index (χ0) is 28.7. The fourth-order valence-electron chi connectivity index (χ4n) is 5.29. The van der Waals surface area contributed by atoms with Crippen molar-refractivity contribution in [3.05, 3.63) is 12.2 Å². The molecule has 0 heterocycles. The number of aliphatic hydroxyl groups excluding tert-OH is 2. The third-order valence-corrected chi connectivity index (χ3v) is 8.03. The van der Waals surface area contributed by atoms with E-state index in [2.05, 4.69) is 31.3 Å². The molecular weight excluding hydrogens is 482 g/mol. The highest BCUT2D eigenvalue weighted by atomic mass is 16.3. The summed E-state index contributed by atoms with van der Waals surface area (Å²) < 4.78 is 0. The molecule has 1 amide bonds. The first-order valence-corrected chi connectivity index (χ1v) is 17.4. The van der Waals surface area contributed by atoms with Crippen molar-refractivity contribution < 1.29 is 15.0 Å². The Kier molecular flexibility index (Phi) is 30.9. The van der Waals surface area contributed by atoms with Gasteiger partial charge in [-0.25, -0.2) is 0 Å². The summed E-state index contributed by atoms with van der Waals surface area (Å²) >= 11 is 0. The molecule has 0 aromatic carbocycles. The fourth-order valence-corrected chi connectivity index (χ4v) is 5.29. The summed E-state index contributed by atoms with van der Waals surface area (Å²) in [6, 6.07) is -0.544. The standard InChI is InChI=1S/C35H69NO3/c1-3-5-7-9-11-13-15-17-18-19-21-23-25-27-29-31-35(39)36-33(32-37)34(38)30-28-26-24-22-20-16-14-12-10-8-6-4-2/h20,22,33-34,37-38H,3-19,21,23-32H2,1-2H3,(H,36,39)/b22-20+/t33-,34+/m0/s1. The second-order valence-corrected chi connectivity index (χ2v) is 11.9. The number of hydrogen-bond acceptors (Lipinski definition) is 3. The lowest BCUT2D eigenvalue weighted by Crippen LogP contribution is -2.45. The lowest BCUT2D eigenvalue weighted by molar-refractivity contribution is -0.123. The third kappa shape index (κ3) is 28.5. The fraction of sp³-hybridized carbons (Fsp3) is 0.914. The van der Waals surface area contributed by atoms with Gasteiger partial charge in [0.1, 0.15) is 0 Å². The molecule has 0 saturated carbocycles. The van der Waals surface area contributed by atoms with E-state index in [1.54, 1.807) is 0 Å². The Morgan fingerprint density at radius 3 is 1.41 bits per heavy atom. The smallest absolute Gasteiger partial charge is 0.220 e. The molecule has 0 saturated heterocycles. The molecule has 4 heteroatoms. The van der Waals surface area contributed by atoms with Crippen LogP contribution in [0.15, 0.2) is 12.2 Å². The van der Waals surface area contributed by atoms with Gasteiger partial charge in [-0.1, -0.05) is 154 Å². The van der Waals surface area contributed by atoms with Crippen molar-refractivity contribution in [1.29, 1.82) is 0 Å². The Morgan fingerprint density at radius 1 is 0.590 bits per heavy atom. The van der Waals surface area contributed by atoms with Gasteiger partial charge in [-0.3, -0.25) is 4.79 Å². The second kappa shape index (κ2) is 31.7. The van der Waals surface area contributed by atoms with Crippen LogP contribution >= 0.6 is 0 Å². The molecule has 0 aromatic heterocycles. The van der Waals surface area contributed by atoms with Gasteiger partial charge < -0.3 is 15.5 Å². The van der Waals surface area contributed by atoms with E-state index in [0.717, 1.165) is 32.1 Å². The molecule has 0 spiro atoms. The minimum absolute atomic E-state index is 0.0413. The van der Waals surface area contributed by atoms with E-state index >= 15 is 0 Å². The van der Waals surface area contributed by atoms with Crippen LogP contribution in [0.2, 0.25) is 0 Å². The number of nitrogens with one attached hydrogen (secondary N) is 1. The molecule has 0 fully saturated rings. The van der Waals surface area contributed by atoms with E-state index in [-0.39, 0.29) is 12.5 Å². The van der Waals surface area contributed by atoms with Crippen LogP contribution in [-0.2, 0) is 4.79 Å². The van der Waals surface area contributed by atoms with Crippen molar-refractivity contribution >= 4 is 5.91 Å². The first kappa shape index (κ1) is 38.1. The van der Waals surface area contributed by atoms with E-state index < -0.39 is 12.1 Å². The summed E-state index contributed by atoms with van der Waals surface area (Å²) in [7, 11) is 0. The SMILES string of the molecule is CCCCCCCC/C=C/CCCC[C@@H](O)[C@H](CO)NC(=O)CCCCCCCCCCCCCCCCC. The predicted molar refractivity (Wildman–Crippen MR) is 170 cm³/mol. The first-order valence-electron chi connectivity index (χ1n) is 17.4. The van der Waals surface area contributed by atoms with Crippen LogP contribution in [0.1, 0.15) is 187 Å². The minimum atomic E-state index is -0.674. The molecule has 0 bridgehead atoms. The summed E-state index contributed by atoms with van der Waals surface area (Å²) in [6.07, 6.45) is 36.9. The maximum atomic E-state index is 12.3. The molecule has 4 nitrogen and oxygen atoms in total. The van der Waals surface area contributed by atoms with Gasteiger partial charge in [0.15, 0.2) is 0 Å². The first-order chi connectivity index (χ1) is 19.2. The molecule has 2 atom stereocenters. The van der Waals surface area contributed by atoms with Crippen LogP contribution in [-0.4, -0.2) is 34.9 Å². The number of rotatable bonds is 31. The van der Waals surface area contributed by atoms with Crippen LogP contribution in [0.4, 0.5) is 0 Å². The molecule has 0 aliphatic heterocycles. The lowest BCUT2D eigenvalue weighted by Gasteiger charge is -2.22. The van der Waals surface area contributed by atoms with Crippen molar-refractivity contribution in [2.45, 2.75) is 199 Å². The van der Waals surface area contributed by atoms with Crippen LogP contribution < -0.4 is 5.32 Å². The normalized spacial score (nSPS) is 13.2. The summed E-state index contributed by atoms with van der Waals surface area (Å²) in [5, 5.41) is 22.9. The van der Waals surface area contributed by atoms with Gasteiger partial charge in [0.2, 0.25) is 5.91 Å². The highest BCUT2D eigenvalue weighted by Gasteiger charge is 2.19. The largest absolute Gasteiger partial charge is 0.394 e. The molecule has 0 unspecified atom stereocenters. The average Bonchev–Trinajstić information content (AvgIpc) is 2.94. The molecule has 0 radical (unpaired) electrons. The third-order valence-electron chi connectivity index (χ3n) is 8.03. The Labute approximate surface area is 244 Å². The topological polar surface area (TPSA) is 69.6 Å². The van der Waals surface area contributed by atoms with Gasteiger partial charge in [0.25, 0.3) is 0 Å². The van der Waals surface area contributed by atoms with Gasteiger partial charge in [-0.05, 0) is 38.5 Å².